The number of nitrogens with one attached hydrogen (secondary N) is 1. The van der Waals surface area contributed by atoms with Gasteiger partial charge in [0.05, 0.1) is 0 Å². The third-order valence-corrected chi connectivity index (χ3v) is 3.95. The highest BCUT2D eigenvalue weighted by molar-refractivity contribution is 5.79. The lowest BCUT2D eigenvalue weighted by Crippen LogP contribution is -2.52. The molecular weight excluding hydrogens is 260 g/mol. The van der Waals surface area contributed by atoms with Crippen LogP contribution in [-0.4, -0.2) is 55.5 Å². The SMILES string of the molecule is CCCCNC(=NC)N1CCN(Cc2ccccc2)CC1. The van der Waals surface area contributed by atoms with Crippen molar-refractivity contribution in [3.05, 3.63) is 35.9 Å². The predicted octanol–water partition coefficient (Wildman–Crippen LogP) is 2.18. The van der Waals surface area contributed by atoms with Gasteiger partial charge in [0.1, 0.15) is 0 Å². The van der Waals surface area contributed by atoms with Crippen molar-refractivity contribution in [2.75, 3.05) is 39.8 Å². The summed E-state index contributed by atoms with van der Waals surface area (Å²) in [5.41, 5.74) is 1.40. The van der Waals surface area contributed by atoms with Crippen molar-refractivity contribution in [1.29, 1.82) is 0 Å². The topological polar surface area (TPSA) is 30.9 Å². The minimum absolute atomic E-state index is 1.02. The Labute approximate surface area is 128 Å². The van der Waals surface area contributed by atoms with E-state index >= 15 is 0 Å². The van der Waals surface area contributed by atoms with Gasteiger partial charge in [-0.3, -0.25) is 9.89 Å². The van der Waals surface area contributed by atoms with Gasteiger partial charge in [0.2, 0.25) is 0 Å². The van der Waals surface area contributed by atoms with Crippen LogP contribution in [0.4, 0.5) is 0 Å². The molecule has 0 atom stereocenters. The van der Waals surface area contributed by atoms with Gasteiger partial charge in [-0.05, 0) is 12.0 Å². The molecule has 0 bridgehead atoms. The Morgan fingerprint density at radius 3 is 2.48 bits per heavy atom. The number of hydrogen-bond acceptors (Lipinski definition) is 2. The monoisotopic (exact) mass is 288 g/mol. The second kappa shape index (κ2) is 8.67. The zero-order valence-corrected chi connectivity index (χ0v) is 13.4. The highest BCUT2D eigenvalue weighted by Gasteiger charge is 2.19. The van der Waals surface area contributed by atoms with Crippen LogP contribution in [0.15, 0.2) is 35.3 Å². The minimum atomic E-state index is 1.02. The van der Waals surface area contributed by atoms with Gasteiger partial charge < -0.3 is 10.2 Å². The fourth-order valence-corrected chi connectivity index (χ4v) is 2.67. The number of rotatable bonds is 5. The average molecular weight is 288 g/mol. The summed E-state index contributed by atoms with van der Waals surface area (Å²) in [5.74, 6) is 1.06. The van der Waals surface area contributed by atoms with Crippen LogP contribution in [0, 0.1) is 0 Å². The molecule has 0 radical (unpaired) electrons. The van der Waals surface area contributed by atoms with Crippen LogP contribution in [0.2, 0.25) is 0 Å². The van der Waals surface area contributed by atoms with Crippen molar-refractivity contribution in [2.24, 2.45) is 4.99 Å². The molecule has 0 amide bonds. The second-order valence-electron chi connectivity index (χ2n) is 5.58. The van der Waals surface area contributed by atoms with Gasteiger partial charge in [0.25, 0.3) is 0 Å². The summed E-state index contributed by atoms with van der Waals surface area (Å²) in [6.45, 7) is 8.60. The second-order valence-corrected chi connectivity index (χ2v) is 5.58. The molecule has 2 rings (SSSR count). The first-order valence-corrected chi connectivity index (χ1v) is 8.05. The van der Waals surface area contributed by atoms with Crippen LogP contribution in [0.1, 0.15) is 25.3 Å². The van der Waals surface area contributed by atoms with Crippen LogP contribution >= 0.6 is 0 Å². The number of hydrogen-bond donors (Lipinski definition) is 1. The molecular formula is C17H28N4. The Balaban J connectivity index is 1.77. The number of piperazine rings is 1. The van der Waals surface area contributed by atoms with E-state index < -0.39 is 0 Å². The van der Waals surface area contributed by atoms with Gasteiger partial charge in [-0.15, -0.1) is 0 Å². The summed E-state index contributed by atoms with van der Waals surface area (Å²) in [6.07, 6.45) is 2.42. The first kappa shape index (κ1) is 15.8. The van der Waals surface area contributed by atoms with E-state index in [0.29, 0.717) is 0 Å². The van der Waals surface area contributed by atoms with E-state index in [9.17, 15) is 0 Å². The largest absolute Gasteiger partial charge is 0.356 e. The summed E-state index contributed by atoms with van der Waals surface area (Å²) in [4.78, 5) is 9.30. The molecule has 0 spiro atoms. The average Bonchev–Trinajstić information content (AvgIpc) is 2.54. The molecule has 1 aromatic rings. The fraction of sp³-hybridized carbons (Fsp3) is 0.588. The molecule has 1 fully saturated rings. The zero-order valence-electron chi connectivity index (χ0n) is 13.4. The molecule has 0 aliphatic carbocycles. The maximum atomic E-state index is 4.41. The molecule has 4 nitrogen and oxygen atoms in total. The van der Waals surface area contributed by atoms with E-state index in [0.717, 1.165) is 45.2 Å². The van der Waals surface area contributed by atoms with Crippen molar-refractivity contribution in [3.63, 3.8) is 0 Å². The van der Waals surface area contributed by atoms with Crippen molar-refractivity contribution in [1.82, 2.24) is 15.1 Å². The Kier molecular flexibility index (Phi) is 6.54. The smallest absolute Gasteiger partial charge is 0.193 e. The van der Waals surface area contributed by atoms with Crippen LogP contribution in [0.3, 0.4) is 0 Å². The van der Waals surface area contributed by atoms with Crippen molar-refractivity contribution >= 4 is 5.96 Å². The lowest BCUT2D eigenvalue weighted by Gasteiger charge is -2.36. The molecule has 1 heterocycles. The van der Waals surface area contributed by atoms with Crippen molar-refractivity contribution in [3.8, 4) is 0 Å². The molecule has 1 saturated heterocycles. The summed E-state index contributed by atoms with van der Waals surface area (Å²) >= 11 is 0. The Hall–Kier alpha value is -1.55. The molecule has 1 aromatic carbocycles. The highest BCUT2D eigenvalue weighted by Crippen LogP contribution is 2.08. The minimum Gasteiger partial charge on any atom is -0.356 e. The first-order valence-electron chi connectivity index (χ1n) is 8.05. The number of benzene rings is 1. The van der Waals surface area contributed by atoms with Crippen LogP contribution in [0.25, 0.3) is 0 Å². The van der Waals surface area contributed by atoms with E-state index in [2.05, 4.69) is 57.4 Å². The summed E-state index contributed by atoms with van der Waals surface area (Å²) in [7, 11) is 1.88. The third-order valence-electron chi connectivity index (χ3n) is 3.95. The lowest BCUT2D eigenvalue weighted by atomic mass is 10.2. The zero-order chi connectivity index (χ0) is 14.9. The molecule has 0 saturated carbocycles. The van der Waals surface area contributed by atoms with Crippen LogP contribution in [-0.2, 0) is 6.54 Å². The van der Waals surface area contributed by atoms with Crippen molar-refractivity contribution < 1.29 is 0 Å². The standard InChI is InChI=1S/C17H28N4/c1-3-4-10-19-17(18-2)21-13-11-20(12-14-21)15-16-8-6-5-7-9-16/h5-9H,3-4,10-15H2,1-2H3,(H,18,19). The molecule has 1 aliphatic rings. The number of guanidine groups is 1. The van der Waals surface area contributed by atoms with Gasteiger partial charge in [0, 0.05) is 46.3 Å². The van der Waals surface area contributed by atoms with E-state index in [1.807, 2.05) is 7.05 Å². The Bertz CT molecular complexity index is 422. The molecule has 1 aliphatic heterocycles. The summed E-state index contributed by atoms with van der Waals surface area (Å²) < 4.78 is 0. The first-order chi connectivity index (χ1) is 10.3. The number of nitrogens with zero attached hydrogens (tertiary/aromatic N) is 3. The fourth-order valence-electron chi connectivity index (χ4n) is 2.67. The third kappa shape index (κ3) is 5.05. The highest BCUT2D eigenvalue weighted by atomic mass is 15.3. The van der Waals surface area contributed by atoms with Gasteiger partial charge >= 0.3 is 0 Å². The molecule has 116 valence electrons. The number of aliphatic imine (C=N–C) groups is 1. The van der Waals surface area contributed by atoms with Crippen LogP contribution in [0.5, 0.6) is 0 Å². The predicted molar refractivity (Wildman–Crippen MR) is 89.6 cm³/mol. The van der Waals surface area contributed by atoms with E-state index in [1.165, 1.54) is 18.4 Å². The van der Waals surface area contributed by atoms with Crippen LogP contribution < -0.4 is 5.32 Å². The molecule has 1 N–H and O–H groups in total. The summed E-state index contributed by atoms with van der Waals surface area (Å²) in [6, 6.07) is 10.7. The molecule has 21 heavy (non-hydrogen) atoms. The van der Waals surface area contributed by atoms with Crippen molar-refractivity contribution in [2.45, 2.75) is 26.3 Å². The molecule has 0 unspecified atom stereocenters. The quantitative estimate of drug-likeness (QED) is 0.512. The van der Waals surface area contributed by atoms with Gasteiger partial charge in [-0.25, -0.2) is 0 Å². The Morgan fingerprint density at radius 2 is 1.86 bits per heavy atom. The molecule has 4 heteroatoms. The van der Waals surface area contributed by atoms with Gasteiger partial charge in [0.15, 0.2) is 5.96 Å². The Morgan fingerprint density at radius 1 is 1.14 bits per heavy atom. The van der Waals surface area contributed by atoms with E-state index in [-0.39, 0.29) is 0 Å². The summed E-state index contributed by atoms with van der Waals surface area (Å²) in [5, 5.41) is 3.46. The van der Waals surface area contributed by atoms with E-state index in [4.69, 9.17) is 0 Å². The van der Waals surface area contributed by atoms with Gasteiger partial charge in [-0.2, -0.15) is 0 Å². The maximum absolute atomic E-state index is 4.41. The van der Waals surface area contributed by atoms with Gasteiger partial charge in [-0.1, -0.05) is 43.7 Å². The lowest BCUT2D eigenvalue weighted by molar-refractivity contribution is 0.172. The normalized spacial score (nSPS) is 17.0. The number of unbranched alkanes of at least 4 members (excludes halogenated alkanes) is 1. The maximum Gasteiger partial charge on any atom is 0.193 e. The molecule has 0 aromatic heterocycles. The van der Waals surface area contributed by atoms with E-state index in [1.54, 1.807) is 0 Å².